The van der Waals surface area contributed by atoms with Gasteiger partial charge in [-0.25, -0.2) is 9.97 Å². The first-order chi connectivity index (χ1) is 9.08. The van der Waals surface area contributed by atoms with Gasteiger partial charge in [0.1, 0.15) is 16.2 Å². The van der Waals surface area contributed by atoms with E-state index < -0.39 is 5.97 Å². The van der Waals surface area contributed by atoms with Crippen molar-refractivity contribution in [2.24, 2.45) is 5.41 Å². The molecule has 0 saturated heterocycles. The lowest BCUT2D eigenvalue weighted by Gasteiger charge is -2.11. The van der Waals surface area contributed by atoms with E-state index in [1.165, 1.54) is 4.88 Å². The summed E-state index contributed by atoms with van der Waals surface area (Å²) in [4.78, 5) is 21.7. The van der Waals surface area contributed by atoms with E-state index >= 15 is 0 Å². The summed E-state index contributed by atoms with van der Waals surface area (Å²) in [5.41, 5.74) is -0.00115. The number of carboxylic acid groups (broad SMARTS) is 1. The van der Waals surface area contributed by atoms with E-state index in [0.29, 0.717) is 0 Å². The number of carboxylic acids is 1. The highest BCUT2D eigenvalue weighted by Gasteiger charge is 2.44. The quantitative estimate of drug-likeness (QED) is 0.677. The van der Waals surface area contributed by atoms with Crippen molar-refractivity contribution in [1.82, 2.24) is 9.97 Å². The third-order valence-corrected chi connectivity index (χ3v) is 5.73. The van der Waals surface area contributed by atoms with Crippen LogP contribution in [0.15, 0.2) is 17.4 Å². The van der Waals surface area contributed by atoms with Crippen LogP contribution >= 0.6 is 23.1 Å². The standard InChI is InChI=1S/C13H14N2O2S2/c1-8-4-9-11(14-7-15-12(9)19-8)18-6-13(2-3-13)5-10(16)17/h4,7H,2-3,5-6H2,1H3,(H,16,17). The van der Waals surface area contributed by atoms with Crippen LogP contribution in [0.5, 0.6) is 0 Å². The Morgan fingerprint density at radius 1 is 1.53 bits per heavy atom. The number of nitrogens with zero attached hydrogens (tertiary/aromatic N) is 2. The molecule has 0 amide bonds. The van der Waals surface area contributed by atoms with Gasteiger partial charge in [0.15, 0.2) is 0 Å². The van der Waals surface area contributed by atoms with Crippen molar-refractivity contribution < 1.29 is 9.90 Å². The second-order valence-electron chi connectivity index (χ2n) is 5.11. The molecule has 0 radical (unpaired) electrons. The van der Waals surface area contributed by atoms with Gasteiger partial charge in [-0.3, -0.25) is 4.79 Å². The van der Waals surface area contributed by atoms with E-state index in [-0.39, 0.29) is 11.8 Å². The number of aliphatic carboxylic acids is 1. The van der Waals surface area contributed by atoms with Crippen LogP contribution in [0.2, 0.25) is 0 Å². The van der Waals surface area contributed by atoms with Gasteiger partial charge in [-0.2, -0.15) is 0 Å². The minimum atomic E-state index is -0.697. The molecule has 3 rings (SSSR count). The van der Waals surface area contributed by atoms with Gasteiger partial charge in [0.2, 0.25) is 0 Å². The number of hydrogen-bond acceptors (Lipinski definition) is 5. The maximum atomic E-state index is 10.8. The maximum absolute atomic E-state index is 10.8. The van der Waals surface area contributed by atoms with E-state index in [1.807, 2.05) is 0 Å². The molecule has 1 aliphatic rings. The Bertz CT molecular complexity index is 635. The minimum Gasteiger partial charge on any atom is -0.481 e. The third kappa shape index (κ3) is 2.74. The first kappa shape index (κ1) is 12.9. The number of thiophene rings is 1. The highest BCUT2D eigenvalue weighted by atomic mass is 32.2. The first-order valence-corrected chi connectivity index (χ1v) is 7.94. The summed E-state index contributed by atoms with van der Waals surface area (Å²) in [6.45, 7) is 2.06. The summed E-state index contributed by atoms with van der Waals surface area (Å²) in [5.74, 6) is 0.137. The molecular weight excluding hydrogens is 280 g/mol. The Balaban J connectivity index is 1.77. The van der Waals surface area contributed by atoms with E-state index in [2.05, 4.69) is 23.0 Å². The van der Waals surface area contributed by atoms with Gasteiger partial charge in [0, 0.05) is 16.0 Å². The van der Waals surface area contributed by atoms with E-state index in [4.69, 9.17) is 5.11 Å². The van der Waals surface area contributed by atoms with Crippen LogP contribution in [-0.4, -0.2) is 26.8 Å². The Morgan fingerprint density at radius 3 is 3.00 bits per heavy atom. The monoisotopic (exact) mass is 294 g/mol. The molecule has 1 aliphatic carbocycles. The fourth-order valence-electron chi connectivity index (χ4n) is 2.16. The molecular formula is C13H14N2O2S2. The summed E-state index contributed by atoms with van der Waals surface area (Å²) in [6.07, 6.45) is 3.90. The SMILES string of the molecule is Cc1cc2c(SCC3(CC(=O)O)CC3)ncnc2s1. The normalized spacial score (nSPS) is 16.7. The molecule has 100 valence electrons. The molecule has 4 nitrogen and oxygen atoms in total. The second-order valence-corrected chi connectivity index (χ2v) is 7.31. The van der Waals surface area contributed by atoms with Gasteiger partial charge in [-0.15, -0.1) is 23.1 Å². The predicted octanol–water partition coefficient (Wildman–Crippen LogP) is 3.35. The summed E-state index contributed by atoms with van der Waals surface area (Å²) < 4.78 is 0. The third-order valence-electron chi connectivity index (χ3n) is 3.41. The number of thioether (sulfide) groups is 1. The lowest BCUT2D eigenvalue weighted by molar-refractivity contribution is -0.138. The topological polar surface area (TPSA) is 63.1 Å². The van der Waals surface area contributed by atoms with Gasteiger partial charge in [0.05, 0.1) is 6.42 Å². The number of aryl methyl sites for hydroxylation is 1. The zero-order valence-electron chi connectivity index (χ0n) is 10.5. The Morgan fingerprint density at radius 2 is 2.32 bits per heavy atom. The predicted molar refractivity (Wildman–Crippen MR) is 76.8 cm³/mol. The maximum Gasteiger partial charge on any atom is 0.303 e. The van der Waals surface area contributed by atoms with Gasteiger partial charge in [-0.1, -0.05) is 0 Å². The molecule has 19 heavy (non-hydrogen) atoms. The minimum absolute atomic E-state index is 0.00115. The molecule has 6 heteroatoms. The van der Waals surface area contributed by atoms with Gasteiger partial charge in [0.25, 0.3) is 0 Å². The van der Waals surface area contributed by atoms with Crippen molar-refractivity contribution >= 4 is 39.3 Å². The largest absolute Gasteiger partial charge is 0.481 e. The molecule has 0 aromatic carbocycles. The van der Waals surface area contributed by atoms with Crippen molar-refractivity contribution in [3.05, 3.63) is 17.3 Å². The molecule has 0 aliphatic heterocycles. The highest BCUT2D eigenvalue weighted by Crippen LogP contribution is 2.52. The van der Waals surface area contributed by atoms with Crippen molar-refractivity contribution in [3.63, 3.8) is 0 Å². The molecule has 2 aromatic rings. The van der Waals surface area contributed by atoms with Gasteiger partial charge < -0.3 is 5.11 Å². The number of fused-ring (bicyclic) bond motifs is 1. The summed E-state index contributed by atoms with van der Waals surface area (Å²) >= 11 is 3.33. The van der Waals surface area contributed by atoms with Crippen LogP contribution in [0.4, 0.5) is 0 Å². The number of aromatic nitrogens is 2. The highest BCUT2D eigenvalue weighted by molar-refractivity contribution is 7.99. The Hall–Kier alpha value is -1.14. The summed E-state index contributed by atoms with van der Waals surface area (Å²) in [7, 11) is 0. The summed E-state index contributed by atoms with van der Waals surface area (Å²) in [5, 5.41) is 11.0. The average molecular weight is 294 g/mol. The Kier molecular flexibility index (Phi) is 3.22. The van der Waals surface area contributed by atoms with Crippen LogP contribution in [0.3, 0.4) is 0 Å². The van der Waals surface area contributed by atoms with Crippen molar-refractivity contribution in [1.29, 1.82) is 0 Å². The first-order valence-electron chi connectivity index (χ1n) is 6.14. The smallest absolute Gasteiger partial charge is 0.303 e. The molecule has 0 unspecified atom stereocenters. The van der Waals surface area contributed by atoms with E-state index in [1.54, 1.807) is 29.4 Å². The molecule has 1 N–H and O–H groups in total. The van der Waals surface area contributed by atoms with Gasteiger partial charge in [-0.05, 0) is 31.2 Å². The lowest BCUT2D eigenvalue weighted by atomic mass is 10.1. The zero-order valence-corrected chi connectivity index (χ0v) is 12.2. The number of hydrogen-bond donors (Lipinski definition) is 1. The molecule has 0 spiro atoms. The molecule has 1 saturated carbocycles. The van der Waals surface area contributed by atoms with Crippen molar-refractivity contribution in [2.75, 3.05) is 5.75 Å². The molecule has 0 atom stereocenters. The molecule has 0 bridgehead atoms. The Labute approximate surface area is 119 Å². The van der Waals surface area contributed by atoms with Crippen LogP contribution in [0.1, 0.15) is 24.1 Å². The second kappa shape index (κ2) is 4.76. The van der Waals surface area contributed by atoms with Crippen molar-refractivity contribution in [2.45, 2.75) is 31.2 Å². The molecule has 2 heterocycles. The van der Waals surface area contributed by atoms with Crippen LogP contribution in [0, 0.1) is 12.3 Å². The number of carbonyl (C=O) groups is 1. The number of rotatable bonds is 5. The van der Waals surface area contributed by atoms with E-state index in [0.717, 1.165) is 33.8 Å². The van der Waals surface area contributed by atoms with Crippen LogP contribution in [0.25, 0.3) is 10.2 Å². The lowest BCUT2D eigenvalue weighted by Crippen LogP contribution is -2.11. The fourth-order valence-corrected chi connectivity index (χ4v) is 4.34. The average Bonchev–Trinajstić information content (AvgIpc) is 2.97. The van der Waals surface area contributed by atoms with Gasteiger partial charge >= 0.3 is 5.97 Å². The van der Waals surface area contributed by atoms with Crippen molar-refractivity contribution in [3.8, 4) is 0 Å². The zero-order chi connectivity index (χ0) is 13.5. The van der Waals surface area contributed by atoms with E-state index in [9.17, 15) is 4.79 Å². The fraction of sp³-hybridized carbons (Fsp3) is 0.462. The molecule has 2 aromatic heterocycles. The van der Waals surface area contributed by atoms with Crippen LogP contribution < -0.4 is 0 Å². The summed E-state index contributed by atoms with van der Waals surface area (Å²) in [6, 6.07) is 2.11. The van der Waals surface area contributed by atoms with Crippen LogP contribution in [-0.2, 0) is 4.79 Å². The molecule has 1 fully saturated rings.